The van der Waals surface area contributed by atoms with Crippen molar-refractivity contribution in [1.82, 2.24) is 0 Å². The molecule has 6 heteroatoms. The van der Waals surface area contributed by atoms with Gasteiger partial charge in [-0.15, -0.1) is 0 Å². The summed E-state index contributed by atoms with van der Waals surface area (Å²) in [5.41, 5.74) is 0.904. The van der Waals surface area contributed by atoms with Crippen LogP contribution in [0.15, 0.2) is 18.2 Å². The Morgan fingerprint density at radius 1 is 1.19 bits per heavy atom. The summed E-state index contributed by atoms with van der Waals surface area (Å²) in [5.74, 6) is 0.356. The van der Waals surface area contributed by atoms with Gasteiger partial charge in [-0.3, -0.25) is 10.1 Å². The first-order chi connectivity index (χ1) is 10.1. The predicted octanol–water partition coefficient (Wildman–Crippen LogP) is 1.66. The van der Waals surface area contributed by atoms with Gasteiger partial charge in [-0.25, -0.2) is 0 Å². The maximum Gasteiger partial charge on any atom is 0.311 e. The average molecular weight is 297 g/mol. The van der Waals surface area contributed by atoms with Crippen LogP contribution in [-0.4, -0.2) is 38.3 Å². The van der Waals surface area contributed by atoms with E-state index in [2.05, 4.69) is 5.32 Å². The minimum atomic E-state index is -0.397. The molecule has 2 N–H and O–H groups in total. The van der Waals surface area contributed by atoms with Crippen LogP contribution in [0, 0.1) is 17.0 Å². The smallest absolute Gasteiger partial charge is 0.311 e. The number of quaternary nitrogens is 1. The van der Waals surface area contributed by atoms with Crippen molar-refractivity contribution >= 4 is 5.69 Å². The zero-order chi connectivity index (χ0) is 15.5. The highest BCUT2D eigenvalue weighted by Gasteiger charge is 2.14. The van der Waals surface area contributed by atoms with Gasteiger partial charge in [0.15, 0.2) is 5.75 Å². The first kappa shape index (κ1) is 17.4. The van der Waals surface area contributed by atoms with Gasteiger partial charge >= 0.3 is 5.69 Å². The highest BCUT2D eigenvalue weighted by Crippen LogP contribution is 2.27. The van der Waals surface area contributed by atoms with Gasteiger partial charge in [0.2, 0.25) is 0 Å². The Balaban J connectivity index is 2.20. The standard InChI is InChI=1S/C15H24N2O4/c1-13-6-7-15(14(12-13)17(18)19)21-11-4-3-8-16-9-5-10-20-2/h6-7,12,16H,3-5,8-11H2,1-2H3/p+1. The van der Waals surface area contributed by atoms with Crippen molar-refractivity contribution in [3.8, 4) is 5.75 Å². The van der Waals surface area contributed by atoms with Crippen LogP contribution in [0.25, 0.3) is 0 Å². The second-order valence-electron chi connectivity index (χ2n) is 5.00. The molecule has 118 valence electrons. The Morgan fingerprint density at radius 3 is 2.67 bits per heavy atom. The molecule has 1 rings (SSSR count). The molecule has 1 aromatic carbocycles. The maximum absolute atomic E-state index is 10.9. The molecular weight excluding hydrogens is 272 g/mol. The molecule has 0 amide bonds. The van der Waals surface area contributed by atoms with Gasteiger partial charge in [0.1, 0.15) is 0 Å². The minimum absolute atomic E-state index is 0.0427. The van der Waals surface area contributed by atoms with Crippen LogP contribution >= 0.6 is 0 Å². The fourth-order valence-electron chi connectivity index (χ4n) is 1.98. The summed E-state index contributed by atoms with van der Waals surface area (Å²) in [6.07, 6.45) is 2.99. The molecule has 0 aliphatic rings. The molecular formula is C15H25N2O4+. The summed E-state index contributed by atoms with van der Waals surface area (Å²) in [7, 11) is 1.71. The summed E-state index contributed by atoms with van der Waals surface area (Å²) >= 11 is 0. The highest BCUT2D eigenvalue weighted by molar-refractivity contribution is 5.48. The maximum atomic E-state index is 10.9. The fourth-order valence-corrected chi connectivity index (χ4v) is 1.98. The normalized spacial score (nSPS) is 10.6. The number of nitro benzene ring substituents is 1. The third-order valence-corrected chi connectivity index (χ3v) is 3.13. The lowest BCUT2D eigenvalue weighted by molar-refractivity contribution is -0.655. The third-order valence-electron chi connectivity index (χ3n) is 3.13. The van der Waals surface area contributed by atoms with Gasteiger partial charge in [-0.2, -0.15) is 0 Å². The van der Waals surface area contributed by atoms with E-state index in [0.717, 1.165) is 44.5 Å². The molecule has 0 saturated carbocycles. The Labute approximate surface area is 125 Å². The quantitative estimate of drug-likeness (QED) is 0.383. The Hall–Kier alpha value is -1.66. The number of hydrogen-bond acceptors (Lipinski definition) is 4. The van der Waals surface area contributed by atoms with E-state index < -0.39 is 4.92 Å². The topological polar surface area (TPSA) is 78.2 Å². The largest absolute Gasteiger partial charge is 0.487 e. The third kappa shape index (κ3) is 7.06. The number of aryl methyl sites for hydroxylation is 1. The Morgan fingerprint density at radius 2 is 1.95 bits per heavy atom. The van der Waals surface area contributed by atoms with E-state index in [1.54, 1.807) is 19.2 Å². The second-order valence-corrected chi connectivity index (χ2v) is 5.00. The van der Waals surface area contributed by atoms with Crippen molar-refractivity contribution in [1.29, 1.82) is 0 Å². The summed E-state index contributed by atoms with van der Waals surface area (Å²) < 4.78 is 10.5. The zero-order valence-electron chi connectivity index (χ0n) is 12.8. The number of benzene rings is 1. The summed E-state index contributed by atoms with van der Waals surface area (Å²) in [5, 5.41) is 13.2. The molecule has 0 bridgehead atoms. The average Bonchev–Trinajstić information content (AvgIpc) is 2.46. The lowest BCUT2D eigenvalue weighted by atomic mass is 10.2. The number of hydrogen-bond donors (Lipinski definition) is 1. The number of methoxy groups -OCH3 is 1. The van der Waals surface area contributed by atoms with E-state index in [-0.39, 0.29) is 5.69 Å². The molecule has 0 saturated heterocycles. The molecule has 0 heterocycles. The van der Waals surface area contributed by atoms with Crippen molar-refractivity contribution in [2.75, 3.05) is 33.4 Å². The molecule has 0 aliphatic carbocycles. The van der Waals surface area contributed by atoms with Crippen LogP contribution in [0.1, 0.15) is 24.8 Å². The highest BCUT2D eigenvalue weighted by atomic mass is 16.6. The zero-order valence-corrected chi connectivity index (χ0v) is 12.8. The second kappa shape index (κ2) is 10.1. The predicted molar refractivity (Wildman–Crippen MR) is 80.7 cm³/mol. The van der Waals surface area contributed by atoms with Gasteiger partial charge in [0.25, 0.3) is 0 Å². The van der Waals surface area contributed by atoms with E-state index in [4.69, 9.17) is 9.47 Å². The molecule has 0 unspecified atom stereocenters. The van der Waals surface area contributed by atoms with E-state index >= 15 is 0 Å². The molecule has 6 nitrogen and oxygen atoms in total. The van der Waals surface area contributed by atoms with Crippen LogP contribution in [0.5, 0.6) is 5.75 Å². The van der Waals surface area contributed by atoms with Crippen LogP contribution < -0.4 is 10.1 Å². The van der Waals surface area contributed by atoms with E-state index in [1.165, 1.54) is 0 Å². The molecule has 0 spiro atoms. The SMILES string of the molecule is COCCC[NH2+]CCCCOc1ccc(C)cc1[N+](=O)[O-]. The monoisotopic (exact) mass is 297 g/mol. The number of ether oxygens (including phenoxy) is 2. The van der Waals surface area contributed by atoms with Crippen LogP contribution in [-0.2, 0) is 4.74 Å². The van der Waals surface area contributed by atoms with Gasteiger partial charge in [-0.05, 0) is 31.4 Å². The molecule has 0 aromatic heterocycles. The number of nitro groups is 1. The molecule has 0 radical (unpaired) electrons. The fraction of sp³-hybridized carbons (Fsp3) is 0.600. The number of rotatable bonds is 11. The van der Waals surface area contributed by atoms with Crippen molar-refractivity contribution in [3.63, 3.8) is 0 Å². The van der Waals surface area contributed by atoms with Crippen LogP contribution in [0.2, 0.25) is 0 Å². The summed E-state index contributed by atoms with van der Waals surface area (Å²) in [4.78, 5) is 10.5. The van der Waals surface area contributed by atoms with Crippen LogP contribution in [0.3, 0.4) is 0 Å². The first-order valence-corrected chi connectivity index (χ1v) is 7.33. The van der Waals surface area contributed by atoms with Crippen molar-refractivity contribution < 1.29 is 19.7 Å². The van der Waals surface area contributed by atoms with E-state index in [1.807, 2.05) is 13.0 Å². The Bertz CT molecular complexity index is 438. The van der Waals surface area contributed by atoms with Crippen LogP contribution in [0.4, 0.5) is 5.69 Å². The van der Waals surface area contributed by atoms with E-state index in [9.17, 15) is 10.1 Å². The molecule has 1 aromatic rings. The van der Waals surface area contributed by atoms with E-state index in [0.29, 0.717) is 12.4 Å². The number of nitrogens with two attached hydrogens (primary N) is 1. The van der Waals surface area contributed by atoms with Gasteiger partial charge in [-0.1, -0.05) is 6.07 Å². The summed E-state index contributed by atoms with van der Waals surface area (Å²) in [6, 6.07) is 5.04. The molecule has 0 atom stereocenters. The number of nitrogens with zero attached hydrogens (tertiary/aromatic N) is 1. The molecule has 0 aliphatic heterocycles. The van der Waals surface area contributed by atoms with Crippen molar-refractivity contribution in [2.24, 2.45) is 0 Å². The Kier molecular flexibility index (Phi) is 8.38. The van der Waals surface area contributed by atoms with Gasteiger partial charge in [0, 0.05) is 19.6 Å². The number of unbranched alkanes of at least 4 members (excludes halogenated alkanes) is 1. The first-order valence-electron chi connectivity index (χ1n) is 7.33. The van der Waals surface area contributed by atoms with Crippen molar-refractivity contribution in [2.45, 2.75) is 26.2 Å². The minimum Gasteiger partial charge on any atom is -0.487 e. The van der Waals surface area contributed by atoms with Crippen molar-refractivity contribution in [3.05, 3.63) is 33.9 Å². The lowest BCUT2D eigenvalue weighted by Gasteiger charge is -2.07. The lowest BCUT2D eigenvalue weighted by Crippen LogP contribution is -2.84. The molecule has 0 fully saturated rings. The molecule has 21 heavy (non-hydrogen) atoms. The van der Waals surface area contributed by atoms with Gasteiger partial charge < -0.3 is 14.8 Å². The van der Waals surface area contributed by atoms with Gasteiger partial charge in [0.05, 0.1) is 31.2 Å². The summed E-state index contributed by atoms with van der Waals surface area (Å²) in [6.45, 7) is 5.25.